The van der Waals surface area contributed by atoms with Gasteiger partial charge < -0.3 is 4.98 Å². The molecule has 0 saturated carbocycles. The van der Waals surface area contributed by atoms with E-state index in [2.05, 4.69) is 9.97 Å². The third-order valence-corrected chi connectivity index (χ3v) is 2.91. The van der Waals surface area contributed by atoms with Crippen LogP contribution >= 0.6 is 0 Å². The summed E-state index contributed by atoms with van der Waals surface area (Å²) in [7, 11) is 0. The Morgan fingerprint density at radius 3 is 2.94 bits per heavy atom. The van der Waals surface area contributed by atoms with E-state index < -0.39 is 5.92 Å². The average molecular weight is 241 g/mol. The number of aromatic amines is 1. The molecular formula is C14H15N3O. The number of nitrogens with one attached hydrogen (secondary N) is 1. The van der Waals surface area contributed by atoms with Gasteiger partial charge in [-0.1, -0.05) is 25.5 Å². The van der Waals surface area contributed by atoms with Crippen molar-refractivity contribution in [3.05, 3.63) is 30.1 Å². The monoisotopic (exact) mass is 241 g/mol. The summed E-state index contributed by atoms with van der Waals surface area (Å²) in [5.41, 5.74) is 1.65. The number of aromatic nitrogens is 2. The van der Waals surface area contributed by atoms with Crippen LogP contribution in [0.15, 0.2) is 24.3 Å². The van der Waals surface area contributed by atoms with Crippen molar-refractivity contribution in [1.29, 1.82) is 5.26 Å². The van der Waals surface area contributed by atoms with Crippen LogP contribution in [-0.2, 0) is 4.79 Å². The van der Waals surface area contributed by atoms with Gasteiger partial charge in [-0.2, -0.15) is 5.26 Å². The Labute approximate surface area is 106 Å². The number of ketones is 1. The van der Waals surface area contributed by atoms with E-state index in [0.717, 1.165) is 23.9 Å². The average Bonchev–Trinajstić information content (AvgIpc) is 2.80. The third kappa shape index (κ3) is 2.40. The molecule has 0 bridgehead atoms. The Hall–Kier alpha value is -2.15. The lowest BCUT2D eigenvalue weighted by molar-refractivity contribution is -0.119. The normalized spacial score (nSPS) is 12.2. The summed E-state index contributed by atoms with van der Waals surface area (Å²) in [4.78, 5) is 19.3. The Kier molecular flexibility index (Phi) is 3.73. The molecular weight excluding hydrogens is 226 g/mol. The Bertz CT molecular complexity index is 561. The van der Waals surface area contributed by atoms with Gasteiger partial charge in [-0.05, 0) is 18.6 Å². The first-order chi connectivity index (χ1) is 8.76. The summed E-state index contributed by atoms with van der Waals surface area (Å²) in [6, 6.07) is 9.57. The number of unbranched alkanes of at least 4 members (excludes halogenated alkanes) is 1. The van der Waals surface area contributed by atoms with Crippen molar-refractivity contribution in [2.45, 2.75) is 32.1 Å². The number of para-hydroxylation sites is 2. The molecule has 2 rings (SSSR count). The van der Waals surface area contributed by atoms with E-state index in [1.54, 1.807) is 0 Å². The number of nitrogens with zero attached hydrogens (tertiary/aromatic N) is 2. The number of carbonyl (C=O) groups excluding carboxylic acids is 1. The Morgan fingerprint density at radius 2 is 2.28 bits per heavy atom. The van der Waals surface area contributed by atoms with Crippen LogP contribution in [0.1, 0.15) is 37.9 Å². The van der Waals surface area contributed by atoms with Crippen LogP contribution in [-0.4, -0.2) is 15.8 Å². The molecule has 0 aliphatic rings. The van der Waals surface area contributed by atoms with Gasteiger partial charge in [0, 0.05) is 6.42 Å². The van der Waals surface area contributed by atoms with Crippen molar-refractivity contribution in [3.8, 4) is 6.07 Å². The van der Waals surface area contributed by atoms with Crippen molar-refractivity contribution in [3.63, 3.8) is 0 Å². The van der Waals surface area contributed by atoms with Gasteiger partial charge in [0.05, 0.1) is 17.1 Å². The van der Waals surface area contributed by atoms with E-state index in [1.165, 1.54) is 0 Å². The van der Waals surface area contributed by atoms with E-state index in [1.807, 2.05) is 37.3 Å². The molecule has 1 heterocycles. The number of Topliss-reactive ketones (excluding diaryl/α,β-unsaturated/α-hetero) is 1. The molecule has 1 aromatic carbocycles. The van der Waals surface area contributed by atoms with Gasteiger partial charge in [0.1, 0.15) is 5.82 Å². The minimum atomic E-state index is -0.774. The van der Waals surface area contributed by atoms with E-state index in [0.29, 0.717) is 12.2 Å². The number of rotatable bonds is 5. The highest BCUT2D eigenvalue weighted by Crippen LogP contribution is 2.19. The summed E-state index contributed by atoms with van der Waals surface area (Å²) < 4.78 is 0. The van der Waals surface area contributed by atoms with Gasteiger partial charge in [0.2, 0.25) is 0 Å². The second kappa shape index (κ2) is 5.46. The molecule has 0 aliphatic heterocycles. The van der Waals surface area contributed by atoms with Crippen LogP contribution in [0.25, 0.3) is 11.0 Å². The highest BCUT2D eigenvalue weighted by Gasteiger charge is 2.22. The quantitative estimate of drug-likeness (QED) is 0.874. The second-order valence-corrected chi connectivity index (χ2v) is 4.27. The Balaban J connectivity index is 2.27. The molecule has 0 saturated heterocycles. The highest BCUT2D eigenvalue weighted by molar-refractivity contribution is 5.88. The first-order valence-electron chi connectivity index (χ1n) is 6.13. The predicted octanol–water partition coefficient (Wildman–Crippen LogP) is 2.93. The number of nitriles is 1. The lowest BCUT2D eigenvalue weighted by Crippen LogP contribution is -2.12. The predicted molar refractivity (Wildman–Crippen MR) is 69.0 cm³/mol. The van der Waals surface area contributed by atoms with Gasteiger partial charge in [0.25, 0.3) is 0 Å². The van der Waals surface area contributed by atoms with E-state index in [-0.39, 0.29) is 5.78 Å². The molecule has 1 aromatic heterocycles. The van der Waals surface area contributed by atoms with Crippen molar-refractivity contribution < 1.29 is 4.79 Å². The molecule has 18 heavy (non-hydrogen) atoms. The zero-order valence-corrected chi connectivity index (χ0v) is 10.3. The minimum Gasteiger partial charge on any atom is -0.340 e. The maximum atomic E-state index is 11.9. The van der Waals surface area contributed by atoms with Gasteiger partial charge in [-0.25, -0.2) is 4.98 Å². The van der Waals surface area contributed by atoms with Crippen LogP contribution in [0.4, 0.5) is 0 Å². The van der Waals surface area contributed by atoms with Crippen LogP contribution in [0.3, 0.4) is 0 Å². The summed E-state index contributed by atoms with van der Waals surface area (Å²) >= 11 is 0. The Morgan fingerprint density at radius 1 is 1.50 bits per heavy atom. The van der Waals surface area contributed by atoms with E-state index in [4.69, 9.17) is 5.26 Å². The number of hydrogen-bond acceptors (Lipinski definition) is 3. The molecule has 0 spiro atoms. The maximum absolute atomic E-state index is 11.9. The minimum absolute atomic E-state index is 0.0570. The van der Waals surface area contributed by atoms with Gasteiger partial charge in [-0.3, -0.25) is 4.79 Å². The fourth-order valence-electron chi connectivity index (χ4n) is 1.89. The van der Waals surface area contributed by atoms with Gasteiger partial charge in [-0.15, -0.1) is 0 Å². The van der Waals surface area contributed by atoms with Crippen molar-refractivity contribution >= 4 is 16.8 Å². The van der Waals surface area contributed by atoms with Crippen LogP contribution in [0.2, 0.25) is 0 Å². The van der Waals surface area contributed by atoms with Crippen LogP contribution < -0.4 is 0 Å². The third-order valence-electron chi connectivity index (χ3n) is 2.91. The summed E-state index contributed by atoms with van der Waals surface area (Å²) in [5, 5.41) is 9.14. The van der Waals surface area contributed by atoms with Crippen LogP contribution in [0, 0.1) is 11.3 Å². The largest absolute Gasteiger partial charge is 0.340 e. The first-order valence-corrected chi connectivity index (χ1v) is 6.13. The molecule has 0 unspecified atom stereocenters. The zero-order chi connectivity index (χ0) is 13.0. The fraction of sp³-hybridized carbons (Fsp3) is 0.357. The van der Waals surface area contributed by atoms with Crippen molar-refractivity contribution in [2.24, 2.45) is 0 Å². The standard InChI is InChI=1S/C14H15N3O/c1-2-3-8-13(18)10(9-15)14-16-11-6-4-5-7-12(11)17-14/h4-7,10H,2-3,8H2,1H3,(H,16,17)/t10-/m0/s1. The molecule has 4 nitrogen and oxygen atoms in total. The highest BCUT2D eigenvalue weighted by atomic mass is 16.1. The summed E-state index contributed by atoms with van der Waals surface area (Å²) in [6.07, 6.45) is 2.20. The van der Waals surface area contributed by atoms with Gasteiger partial charge >= 0.3 is 0 Å². The molecule has 0 amide bonds. The SMILES string of the molecule is CCCCC(=O)[C@H](C#N)c1nc2ccccc2[nH]1. The second-order valence-electron chi connectivity index (χ2n) is 4.27. The number of H-pyrrole nitrogens is 1. The number of hydrogen-bond donors (Lipinski definition) is 1. The molecule has 2 aromatic rings. The summed E-state index contributed by atoms with van der Waals surface area (Å²) in [5.74, 6) is -0.373. The fourth-order valence-corrected chi connectivity index (χ4v) is 1.89. The molecule has 4 heteroatoms. The molecule has 0 aliphatic carbocycles. The number of carbonyl (C=O) groups is 1. The zero-order valence-electron chi connectivity index (χ0n) is 10.3. The topological polar surface area (TPSA) is 69.5 Å². The number of imidazole rings is 1. The molecule has 0 radical (unpaired) electrons. The molecule has 1 N–H and O–H groups in total. The molecule has 0 fully saturated rings. The van der Waals surface area contributed by atoms with Crippen LogP contribution in [0.5, 0.6) is 0 Å². The lowest BCUT2D eigenvalue weighted by atomic mass is 10.0. The number of benzene rings is 1. The van der Waals surface area contributed by atoms with Gasteiger partial charge in [0.15, 0.2) is 11.7 Å². The lowest BCUT2D eigenvalue weighted by Gasteiger charge is -2.03. The number of fused-ring (bicyclic) bond motifs is 1. The first kappa shape index (κ1) is 12.3. The van der Waals surface area contributed by atoms with Crippen molar-refractivity contribution in [2.75, 3.05) is 0 Å². The summed E-state index contributed by atoms with van der Waals surface area (Å²) in [6.45, 7) is 2.02. The van der Waals surface area contributed by atoms with Crippen molar-refractivity contribution in [1.82, 2.24) is 9.97 Å². The maximum Gasteiger partial charge on any atom is 0.162 e. The smallest absolute Gasteiger partial charge is 0.162 e. The molecule has 92 valence electrons. The van der Waals surface area contributed by atoms with E-state index in [9.17, 15) is 4.79 Å². The molecule has 1 atom stereocenters. The van der Waals surface area contributed by atoms with E-state index >= 15 is 0 Å².